The highest BCUT2D eigenvalue weighted by Gasteiger charge is 2.25. The van der Waals surface area contributed by atoms with E-state index >= 15 is 0 Å². The van der Waals surface area contributed by atoms with Crippen LogP contribution in [0.1, 0.15) is 20.3 Å². The third kappa shape index (κ3) is 3.90. The van der Waals surface area contributed by atoms with E-state index in [-0.39, 0.29) is 5.91 Å². The third-order valence-electron chi connectivity index (χ3n) is 3.99. The number of likely N-dealkylation sites (tertiary alicyclic amines) is 1. The van der Waals surface area contributed by atoms with Crippen LogP contribution in [0.15, 0.2) is 35.5 Å². The molecule has 23 heavy (non-hydrogen) atoms. The maximum atomic E-state index is 12.5. The summed E-state index contributed by atoms with van der Waals surface area (Å²) in [5.74, 6) is 1.67. The van der Waals surface area contributed by atoms with Gasteiger partial charge in [-0.3, -0.25) is 4.79 Å². The van der Waals surface area contributed by atoms with Gasteiger partial charge in [0, 0.05) is 13.1 Å². The van der Waals surface area contributed by atoms with Gasteiger partial charge in [-0.15, -0.1) is 5.10 Å². The summed E-state index contributed by atoms with van der Waals surface area (Å²) in [6.07, 6.45) is 1.20. The van der Waals surface area contributed by atoms with Crippen molar-refractivity contribution in [3.05, 3.63) is 30.3 Å². The molecule has 2 atom stereocenters. The predicted molar refractivity (Wildman–Crippen MR) is 89.4 cm³/mol. The standard InChI is InChI=1S/C16H21N5OS/c1-12-8-13(2)10-20(9-12)15(22)11-23-16-17-18-19-21(16)14-6-4-3-5-7-14/h3-7,12-13H,8-11H2,1-2H3/t12-,13+. The van der Waals surface area contributed by atoms with Crippen molar-refractivity contribution < 1.29 is 4.79 Å². The van der Waals surface area contributed by atoms with Gasteiger partial charge in [-0.1, -0.05) is 43.8 Å². The number of rotatable bonds is 4. The second-order valence-electron chi connectivity index (χ2n) is 6.24. The van der Waals surface area contributed by atoms with E-state index in [0.29, 0.717) is 22.7 Å². The highest BCUT2D eigenvalue weighted by molar-refractivity contribution is 7.99. The summed E-state index contributed by atoms with van der Waals surface area (Å²) < 4.78 is 1.67. The topological polar surface area (TPSA) is 63.9 Å². The number of aromatic nitrogens is 4. The van der Waals surface area contributed by atoms with Crippen LogP contribution in [0, 0.1) is 11.8 Å². The van der Waals surface area contributed by atoms with Gasteiger partial charge in [0.25, 0.3) is 0 Å². The first-order chi connectivity index (χ1) is 11.1. The van der Waals surface area contributed by atoms with E-state index < -0.39 is 0 Å². The Kier molecular flexibility index (Phi) is 4.95. The first kappa shape index (κ1) is 16.0. The second kappa shape index (κ2) is 7.12. The Balaban J connectivity index is 1.63. The molecule has 1 fully saturated rings. The predicted octanol–water partition coefficient (Wildman–Crippen LogP) is 2.26. The monoisotopic (exact) mass is 331 g/mol. The molecule has 1 saturated heterocycles. The van der Waals surface area contributed by atoms with Gasteiger partial charge in [0.05, 0.1) is 11.4 Å². The van der Waals surface area contributed by atoms with Crippen LogP contribution in [0.4, 0.5) is 0 Å². The minimum Gasteiger partial charge on any atom is -0.341 e. The van der Waals surface area contributed by atoms with E-state index in [9.17, 15) is 4.79 Å². The van der Waals surface area contributed by atoms with Crippen LogP contribution in [0.3, 0.4) is 0 Å². The highest BCUT2D eigenvalue weighted by atomic mass is 32.2. The minimum absolute atomic E-state index is 0.163. The normalized spacial score (nSPS) is 21.4. The number of tetrazole rings is 1. The van der Waals surface area contributed by atoms with Crippen LogP contribution in [-0.2, 0) is 4.79 Å². The summed E-state index contributed by atoms with van der Waals surface area (Å²) in [5.41, 5.74) is 0.896. The second-order valence-corrected chi connectivity index (χ2v) is 7.18. The fourth-order valence-corrected chi connectivity index (χ4v) is 3.88. The molecule has 122 valence electrons. The Morgan fingerprint density at radius 2 is 1.91 bits per heavy atom. The largest absolute Gasteiger partial charge is 0.341 e. The summed E-state index contributed by atoms with van der Waals surface area (Å²) >= 11 is 1.39. The quantitative estimate of drug-likeness (QED) is 0.804. The van der Waals surface area contributed by atoms with Gasteiger partial charge in [-0.25, -0.2) is 0 Å². The lowest BCUT2D eigenvalue weighted by atomic mass is 9.92. The number of amides is 1. The molecule has 1 aliphatic heterocycles. The van der Waals surface area contributed by atoms with E-state index in [2.05, 4.69) is 29.4 Å². The molecule has 1 aromatic heterocycles. The van der Waals surface area contributed by atoms with Crippen LogP contribution in [0.5, 0.6) is 0 Å². The van der Waals surface area contributed by atoms with Gasteiger partial charge in [0.2, 0.25) is 11.1 Å². The van der Waals surface area contributed by atoms with Gasteiger partial charge in [-0.2, -0.15) is 4.68 Å². The Morgan fingerprint density at radius 1 is 1.22 bits per heavy atom. The number of para-hydroxylation sites is 1. The molecule has 0 N–H and O–H groups in total. The molecule has 0 aliphatic carbocycles. The van der Waals surface area contributed by atoms with E-state index in [1.54, 1.807) is 4.68 Å². The Bertz CT molecular complexity index is 650. The minimum atomic E-state index is 0.163. The van der Waals surface area contributed by atoms with Crippen LogP contribution in [0.25, 0.3) is 5.69 Å². The molecule has 3 rings (SSSR count). The number of thioether (sulfide) groups is 1. The molecule has 2 heterocycles. The number of hydrogen-bond donors (Lipinski definition) is 0. The van der Waals surface area contributed by atoms with Gasteiger partial charge in [0.15, 0.2) is 0 Å². The van der Waals surface area contributed by atoms with Gasteiger partial charge in [-0.05, 0) is 40.8 Å². The number of hydrogen-bond acceptors (Lipinski definition) is 5. The van der Waals surface area contributed by atoms with Crippen molar-refractivity contribution >= 4 is 17.7 Å². The Labute approximate surface area is 140 Å². The summed E-state index contributed by atoms with van der Waals surface area (Å²) in [5, 5.41) is 12.4. The van der Waals surface area contributed by atoms with E-state index in [1.165, 1.54) is 18.2 Å². The lowest BCUT2D eigenvalue weighted by molar-refractivity contribution is -0.130. The van der Waals surface area contributed by atoms with Crippen LogP contribution in [0.2, 0.25) is 0 Å². The van der Waals surface area contributed by atoms with E-state index in [4.69, 9.17) is 0 Å². The van der Waals surface area contributed by atoms with Crippen molar-refractivity contribution in [2.75, 3.05) is 18.8 Å². The molecule has 6 nitrogen and oxygen atoms in total. The number of carbonyl (C=O) groups excluding carboxylic acids is 1. The zero-order chi connectivity index (χ0) is 16.2. The maximum absolute atomic E-state index is 12.5. The molecule has 0 bridgehead atoms. The number of piperidine rings is 1. The molecule has 7 heteroatoms. The molecular formula is C16H21N5OS. The third-order valence-corrected chi connectivity index (χ3v) is 4.89. The van der Waals surface area contributed by atoms with Crippen molar-refractivity contribution in [2.24, 2.45) is 11.8 Å². The zero-order valence-electron chi connectivity index (χ0n) is 13.4. The molecule has 0 unspecified atom stereocenters. The van der Waals surface area contributed by atoms with Crippen molar-refractivity contribution in [3.8, 4) is 5.69 Å². The lowest BCUT2D eigenvalue weighted by Crippen LogP contribution is -2.43. The van der Waals surface area contributed by atoms with Crippen LogP contribution >= 0.6 is 11.8 Å². The number of carbonyl (C=O) groups is 1. The van der Waals surface area contributed by atoms with Crippen LogP contribution in [-0.4, -0.2) is 49.9 Å². The first-order valence-electron chi connectivity index (χ1n) is 7.88. The molecule has 0 spiro atoms. The van der Waals surface area contributed by atoms with Gasteiger partial charge >= 0.3 is 0 Å². The van der Waals surface area contributed by atoms with Crippen molar-refractivity contribution in [3.63, 3.8) is 0 Å². The SMILES string of the molecule is C[C@@H]1C[C@H](C)CN(C(=O)CSc2nnnn2-c2ccccc2)C1. The summed E-state index contributed by atoms with van der Waals surface area (Å²) in [6.45, 7) is 6.12. The maximum Gasteiger partial charge on any atom is 0.233 e. The van der Waals surface area contributed by atoms with Crippen molar-refractivity contribution in [2.45, 2.75) is 25.4 Å². The molecular weight excluding hydrogens is 310 g/mol. The molecule has 1 amide bonds. The zero-order valence-corrected chi connectivity index (χ0v) is 14.2. The van der Waals surface area contributed by atoms with Crippen LogP contribution < -0.4 is 0 Å². The fourth-order valence-electron chi connectivity index (χ4n) is 3.08. The molecule has 0 radical (unpaired) electrons. The fraction of sp³-hybridized carbons (Fsp3) is 0.500. The van der Waals surface area contributed by atoms with E-state index in [0.717, 1.165) is 18.8 Å². The lowest BCUT2D eigenvalue weighted by Gasteiger charge is -2.34. The molecule has 1 aliphatic rings. The number of benzene rings is 1. The van der Waals surface area contributed by atoms with Gasteiger partial charge in [0.1, 0.15) is 0 Å². The summed E-state index contributed by atoms with van der Waals surface area (Å²) in [6, 6.07) is 9.70. The number of nitrogens with zero attached hydrogens (tertiary/aromatic N) is 5. The summed E-state index contributed by atoms with van der Waals surface area (Å²) in [4.78, 5) is 14.4. The first-order valence-corrected chi connectivity index (χ1v) is 8.86. The molecule has 0 saturated carbocycles. The summed E-state index contributed by atoms with van der Waals surface area (Å²) in [7, 11) is 0. The Morgan fingerprint density at radius 3 is 2.61 bits per heavy atom. The average molecular weight is 331 g/mol. The highest BCUT2D eigenvalue weighted by Crippen LogP contribution is 2.23. The average Bonchev–Trinajstić information content (AvgIpc) is 3.01. The van der Waals surface area contributed by atoms with Gasteiger partial charge < -0.3 is 4.90 Å². The van der Waals surface area contributed by atoms with Crippen molar-refractivity contribution in [1.82, 2.24) is 25.1 Å². The smallest absolute Gasteiger partial charge is 0.233 e. The van der Waals surface area contributed by atoms with E-state index in [1.807, 2.05) is 35.2 Å². The molecule has 1 aromatic carbocycles. The van der Waals surface area contributed by atoms with Crippen molar-refractivity contribution in [1.29, 1.82) is 0 Å². The molecule has 2 aromatic rings. The Hall–Kier alpha value is -1.89.